The standard InChI is InChI=1S/C17H20FN/c1-8-9(2)13-6-19-7-14-11(4)17(18)12(5)15(10(8)3)16(13)14/h19H,6-7H2,1-5H3. The Hall–Kier alpha value is -1.41. The Balaban J connectivity index is 2.66. The first-order valence-corrected chi connectivity index (χ1v) is 6.85. The van der Waals surface area contributed by atoms with E-state index in [1.54, 1.807) is 0 Å². The molecule has 2 aromatic rings. The molecule has 100 valence electrons. The number of rotatable bonds is 0. The molecule has 0 bridgehead atoms. The Bertz CT molecular complexity index is 657. The molecule has 0 radical (unpaired) electrons. The van der Waals surface area contributed by atoms with Crippen LogP contribution in [0.15, 0.2) is 0 Å². The van der Waals surface area contributed by atoms with Crippen LogP contribution >= 0.6 is 0 Å². The molecule has 0 atom stereocenters. The molecule has 3 rings (SSSR count). The summed E-state index contributed by atoms with van der Waals surface area (Å²) >= 11 is 0. The van der Waals surface area contributed by atoms with Crippen LogP contribution < -0.4 is 5.32 Å². The normalized spacial score (nSPS) is 14.2. The quantitative estimate of drug-likeness (QED) is 0.748. The molecule has 19 heavy (non-hydrogen) atoms. The average Bonchev–Trinajstić information content (AvgIpc) is 2.41. The summed E-state index contributed by atoms with van der Waals surface area (Å²) < 4.78 is 14.4. The lowest BCUT2D eigenvalue weighted by atomic mass is 9.83. The molecule has 2 aromatic carbocycles. The van der Waals surface area contributed by atoms with E-state index in [0.717, 1.165) is 35.2 Å². The number of aryl methyl sites for hydroxylation is 2. The highest BCUT2D eigenvalue weighted by atomic mass is 19.1. The Kier molecular flexibility index (Phi) is 2.68. The zero-order chi connectivity index (χ0) is 13.9. The van der Waals surface area contributed by atoms with E-state index in [-0.39, 0.29) is 5.82 Å². The Labute approximate surface area is 113 Å². The van der Waals surface area contributed by atoms with Crippen molar-refractivity contribution in [2.24, 2.45) is 0 Å². The van der Waals surface area contributed by atoms with E-state index in [1.165, 1.54) is 27.6 Å². The van der Waals surface area contributed by atoms with Gasteiger partial charge in [0.25, 0.3) is 0 Å². The predicted octanol–water partition coefficient (Wildman–Crippen LogP) is 4.12. The molecule has 0 amide bonds. The van der Waals surface area contributed by atoms with Crippen molar-refractivity contribution in [3.63, 3.8) is 0 Å². The highest BCUT2D eigenvalue weighted by Crippen LogP contribution is 2.38. The first kappa shape index (κ1) is 12.6. The van der Waals surface area contributed by atoms with Gasteiger partial charge in [-0.05, 0) is 84.3 Å². The Morgan fingerprint density at radius 1 is 0.684 bits per heavy atom. The van der Waals surface area contributed by atoms with Gasteiger partial charge in [-0.3, -0.25) is 0 Å². The van der Waals surface area contributed by atoms with Crippen LogP contribution in [0.2, 0.25) is 0 Å². The zero-order valence-electron chi connectivity index (χ0n) is 12.3. The number of hydrogen-bond donors (Lipinski definition) is 1. The topological polar surface area (TPSA) is 12.0 Å². The van der Waals surface area contributed by atoms with E-state index in [4.69, 9.17) is 0 Å². The Morgan fingerprint density at radius 3 is 1.89 bits per heavy atom. The first-order chi connectivity index (χ1) is 8.95. The monoisotopic (exact) mass is 257 g/mol. The van der Waals surface area contributed by atoms with Crippen molar-refractivity contribution in [3.05, 3.63) is 44.8 Å². The van der Waals surface area contributed by atoms with E-state index < -0.39 is 0 Å². The van der Waals surface area contributed by atoms with Crippen molar-refractivity contribution >= 4 is 10.8 Å². The lowest BCUT2D eigenvalue weighted by Crippen LogP contribution is -2.22. The van der Waals surface area contributed by atoms with Gasteiger partial charge in [-0.2, -0.15) is 0 Å². The van der Waals surface area contributed by atoms with Crippen LogP contribution in [0.25, 0.3) is 10.8 Å². The van der Waals surface area contributed by atoms with Crippen molar-refractivity contribution in [1.29, 1.82) is 0 Å². The van der Waals surface area contributed by atoms with E-state index in [0.29, 0.717) is 0 Å². The Morgan fingerprint density at radius 2 is 1.26 bits per heavy atom. The maximum absolute atomic E-state index is 14.4. The van der Waals surface area contributed by atoms with Crippen LogP contribution in [0.5, 0.6) is 0 Å². The van der Waals surface area contributed by atoms with Crippen molar-refractivity contribution in [3.8, 4) is 0 Å². The number of halogens is 1. The van der Waals surface area contributed by atoms with Crippen molar-refractivity contribution in [2.75, 3.05) is 0 Å². The molecular formula is C17H20FN. The molecule has 1 heterocycles. The third-order valence-electron chi connectivity index (χ3n) is 4.90. The van der Waals surface area contributed by atoms with E-state index in [1.807, 2.05) is 13.8 Å². The average molecular weight is 257 g/mol. The lowest BCUT2D eigenvalue weighted by molar-refractivity contribution is 0.600. The fraction of sp³-hybridized carbons (Fsp3) is 0.412. The maximum atomic E-state index is 14.4. The van der Waals surface area contributed by atoms with Gasteiger partial charge in [0.05, 0.1) is 0 Å². The number of nitrogens with one attached hydrogen (secondary N) is 1. The van der Waals surface area contributed by atoms with Gasteiger partial charge in [0.1, 0.15) is 5.82 Å². The molecule has 0 saturated heterocycles. The van der Waals surface area contributed by atoms with Crippen molar-refractivity contribution in [2.45, 2.75) is 47.7 Å². The third kappa shape index (κ3) is 1.50. The number of benzene rings is 2. The fourth-order valence-corrected chi connectivity index (χ4v) is 3.49. The molecule has 0 aliphatic carbocycles. The van der Waals surface area contributed by atoms with Crippen molar-refractivity contribution < 1.29 is 4.39 Å². The highest BCUT2D eigenvalue weighted by molar-refractivity contribution is 5.97. The molecule has 1 N–H and O–H groups in total. The minimum Gasteiger partial charge on any atom is -0.309 e. The molecule has 1 aliphatic rings. The second-order valence-corrected chi connectivity index (χ2v) is 5.75. The molecule has 0 fully saturated rings. The van der Waals surface area contributed by atoms with E-state index in [9.17, 15) is 4.39 Å². The predicted molar refractivity (Wildman–Crippen MR) is 78.1 cm³/mol. The van der Waals surface area contributed by atoms with Crippen LogP contribution in [0, 0.1) is 40.4 Å². The van der Waals surface area contributed by atoms with Gasteiger partial charge < -0.3 is 5.32 Å². The summed E-state index contributed by atoms with van der Waals surface area (Å²) in [4.78, 5) is 0. The second-order valence-electron chi connectivity index (χ2n) is 5.75. The molecule has 0 unspecified atom stereocenters. The molecule has 1 nitrogen and oxygen atoms in total. The molecule has 0 saturated carbocycles. The van der Waals surface area contributed by atoms with Gasteiger partial charge in [-0.15, -0.1) is 0 Å². The molecule has 0 spiro atoms. The third-order valence-corrected chi connectivity index (χ3v) is 4.90. The molecular weight excluding hydrogens is 237 g/mol. The van der Waals surface area contributed by atoms with Crippen molar-refractivity contribution in [1.82, 2.24) is 5.32 Å². The SMILES string of the molecule is Cc1c(C)c2c3c(c(C)c(F)c(C)c3c1C)CNC2. The summed E-state index contributed by atoms with van der Waals surface area (Å²) in [5.41, 5.74) is 7.99. The number of hydrogen-bond acceptors (Lipinski definition) is 1. The minimum absolute atomic E-state index is 0.0384. The van der Waals surface area contributed by atoms with Crippen LogP contribution in [-0.4, -0.2) is 0 Å². The first-order valence-electron chi connectivity index (χ1n) is 6.85. The van der Waals surface area contributed by atoms with Gasteiger partial charge in [0.2, 0.25) is 0 Å². The van der Waals surface area contributed by atoms with Gasteiger partial charge in [-0.1, -0.05) is 0 Å². The van der Waals surface area contributed by atoms with Gasteiger partial charge in [-0.25, -0.2) is 4.39 Å². The summed E-state index contributed by atoms with van der Waals surface area (Å²) in [5, 5.41) is 5.85. The van der Waals surface area contributed by atoms with Crippen LogP contribution in [-0.2, 0) is 13.1 Å². The fourth-order valence-electron chi connectivity index (χ4n) is 3.49. The zero-order valence-corrected chi connectivity index (χ0v) is 12.3. The summed E-state index contributed by atoms with van der Waals surface area (Å²) in [5.74, 6) is -0.0384. The van der Waals surface area contributed by atoms with Gasteiger partial charge in [0.15, 0.2) is 0 Å². The van der Waals surface area contributed by atoms with Gasteiger partial charge >= 0.3 is 0 Å². The van der Waals surface area contributed by atoms with Crippen LogP contribution in [0.3, 0.4) is 0 Å². The van der Waals surface area contributed by atoms with E-state index in [2.05, 4.69) is 26.1 Å². The lowest BCUT2D eigenvalue weighted by Gasteiger charge is -2.27. The smallest absolute Gasteiger partial charge is 0.129 e. The van der Waals surface area contributed by atoms with Gasteiger partial charge in [0, 0.05) is 13.1 Å². The summed E-state index contributed by atoms with van der Waals surface area (Å²) in [6, 6.07) is 0. The van der Waals surface area contributed by atoms with Crippen LogP contribution in [0.1, 0.15) is 38.9 Å². The highest BCUT2D eigenvalue weighted by Gasteiger charge is 2.23. The summed E-state index contributed by atoms with van der Waals surface area (Å²) in [6.45, 7) is 11.9. The van der Waals surface area contributed by atoms with E-state index >= 15 is 0 Å². The second kappa shape index (κ2) is 4.04. The molecule has 0 aromatic heterocycles. The largest absolute Gasteiger partial charge is 0.309 e. The summed E-state index contributed by atoms with van der Waals surface area (Å²) in [7, 11) is 0. The minimum atomic E-state index is -0.0384. The maximum Gasteiger partial charge on any atom is 0.129 e. The molecule has 1 aliphatic heterocycles. The van der Waals surface area contributed by atoms with Crippen LogP contribution in [0.4, 0.5) is 4.39 Å². The summed E-state index contributed by atoms with van der Waals surface area (Å²) in [6.07, 6.45) is 0. The molecule has 2 heteroatoms.